The first-order valence-electron chi connectivity index (χ1n) is 6.32. The topological polar surface area (TPSA) is 44.5 Å². The van der Waals surface area contributed by atoms with Gasteiger partial charge >= 0.3 is 0 Å². The summed E-state index contributed by atoms with van der Waals surface area (Å²) in [7, 11) is 0. The molecule has 1 aliphatic heterocycles. The van der Waals surface area contributed by atoms with E-state index in [1.807, 2.05) is 0 Å². The molecule has 0 unspecified atom stereocenters. The summed E-state index contributed by atoms with van der Waals surface area (Å²) in [5, 5.41) is 0. The Balaban J connectivity index is 2.24. The van der Waals surface area contributed by atoms with Gasteiger partial charge in [0.05, 0.1) is 0 Å². The van der Waals surface area contributed by atoms with Gasteiger partial charge in [-0.25, -0.2) is 0 Å². The minimum absolute atomic E-state index is 0.651. The number of ether oxygens (including phenoxy) is 2. The zero-order valence-electron chi connectivity index (χ0n) is 10.7. The normalized spacial score (nSPS) is 13.8. The summed E-state index contributed by atoms with van der Waals surface area (Å²) in [4.78, 5) is 0. The molecule has 2 rings (SSSR count). The van der Waals surface area contributed by atoms with Crippen LogP contribution in [0.3, 0.4) is 0 Å². The Morgan fingerprint density at radius 1 is 1.12 bits per heavy atom. The zero-order chi connectivity index (χ0) is 12.3. The highest BCUT2D eigenvalue weighted by molar-refractivity contribution is 5.54. The first kappa shape index (κ1) is 12.2. The Labute approximate surface area is 103 Å². The van der Waals surface area contributed by atoms with Gasteiger partial charge < -0.3 is 15.2 Å². The van der Waals surface area contributed by atoms with Crippen LogP contribution in [0.5, 0.6) is 11.5 Å². The summed E-state index contributed by atoms with van der Waals surface area (Å²) < 4.78 is 11.3. The molecule has 0 amide bonds. The number of hydrogen-bond donors (Lipinski definition) is 1. The van der Waals surface area contributed by atoms with Crippen LogP contribution < -0.4 is 15.2 Å². The molecule has 2 N–H and O–H groups in total. The molecule has 1 aromatic rings. The van der Waals surface area contributed by atoms with E-state index in [0.717, 1.165) is 37.3 Å². The van der Waals surface area contributed by atoms with Gasteiger partial charge in [-0.15, -0.1) is 0 Å². The average Bonchev–Trinajstić information content (AvgIpc) is 2.35. The smallest absolute Gasteiger partial charge is 0.164 e. The molecule has 0 radical (unpaired) electrons. The molecular weight excluding hydrogens is 214 g/mol. The maximum absolute atomic E-state index is 5.67. The van der Waals surface area contributed by atoms with Gasteiger partial charge in [0.1, 0.15) is 13.2 Å². The molecule has 0 saturated heterocycles. The van der Waals surface area contributed by atoms with Gasteiger partial charge in [-0.2, -0.15) is 0 Å². The van der Waals surface area contributed by atoms with E-state index in [0.29, 0.717) is 13.2 Å². The van der Waals surface area contributed by atoms with Crippen molar-refractivity contribution >= 4 is 0 Å². The van der Waals surface area contributed by atoms with Crippen LogP contribution in [0.2, 0.25) is 0 Å². The van der Waals surface area contributed by atoms with Crippen LogP contribution >= 0.6 is 0 Å². The molecule has 3 nitrogen and oxygen atoms in total. The van der Waals surface area contributed by atoms with Crippen LogP contribution in [0.4, 0.5) is 0 Å². The van der Waals surface area contributed by atoms with Gasteiger partial charge in [0, 0.05) is 0 Å². The lowest BCUT2D eigenvalue weighted by Crippen LogP contribution is -2.17. The Bertz CT molecular complexity index is 402. The number of fused-ring (bicyclic) bond motifs is 1. The second-order valence-corrected chi connectivity index (χ2v) is 4.56. The first-order valence-corrected chi connectivity index (χ1v) is 6.32. The molecule has 94 valence electrons. The molecule has 0 saturated carbocycles. The van der Waals surface area contributed by atoms with Gasteiger partial charge in [0.25, 0.3) is 0 Å². The number of rotatable bonds is 4. The lowest BCUT2D eigenvalue weighted by molar-refractivity contribution is 0.170. The van der Waals surface area contributed by atoms with Crippen LogP contribution in [0, 0.1) is 13.8 Å². The van der Waals surface area contributed by atoms with E-state index in [-0.39, 0.29) is 0 Å². The molecule has 0 fully saturated rings. The van der Waals surface area contributed by atoms with Crippen molar-refractivity contribution in [3.8, 4) is 11.5 Å². The summed E-state index contributed by atoms with van der Waals surface area (Å²) >= 11 is 0. The predicted molar refractivity (Wildman–Crippen MR) is 68.9 cm³/mol. The summed E-state index contributed by atoms with van der Waals surface area (Å²) in [6.07, 6.45) is 3.28. The van der Waals surface area contributed by atoms with Gasteiger partial charge in [0.15, 0.2) is 11.5 Å². The second-order valence-electron chi connectivity index (χ2n) is 4.56. The van der Waals surface area contributed by atoms with Gasteiger partial charge in [-0.1, -0.05) is 0 Å². The van der Waals surface area contributed by atoms with Crippen LogP contribution in [-0.4, -0.2) is 19.8 Å². The average molecular weight is 235 g/mol. The number of nitrogens with two attached hydrogens (primary N) is 1. The standard InChI is InChI=1S/C14H21NO2/c1-10-11(2)14-13(16-7-8-17-14)9-12(10)5-3-4-6-15/h9H,3-8,15H2,1-2H3. The van der Waals surface area contributed by atoms with E-state index < -0.39 is 0 Å². The Morgan fingerprint density at radius 3 is 2.65 bits per heavy atom. The Kier molecular flexibility index (Phi) is 3.89. The number of benzene rings is 1. The quantitative estimate of drug-likeness (QED) is 0.815. The third-order valence-corrected chi connectivity index (χ3v) is 3.40. The van der Waals surface area contributed by atoms with E-state index in [1.165, 1.54) is 16.7 Å². The molecule has 1 aliphatic rings. The van der Waals surface area contributed by atoms with Crippen molar-refractivity contribution in [1.29, 1.82) is 0 Å². The van der Waals surface area contributed by atoms with E-state index >= 15 is 0 Å². The Hall–Kier alpha value is -1.22. The molecular formula is C14H21NO2. The molecule has 0 aromatic heterocycles. The fourth-order valence-corrected chi connectivity index (χ4v) is 2.23. The highest BCUT2D eigenvalue weighted by Gasteiger charge is 2.17. The maximum Gasteiger partial charge on any atom is 0.164 e. The van der Waals surface area contributed by atoms with Crippen molar-refractivity contribution < 1.29 is 9.47 Å². The van der Waals surface area contributed by atoms with Crippen molar-refractivity contribution in [3.63, 3.8) is 0 Å². The molecule has 0 bridgehead atoms. The van der Waals surface area contributed by atoms with Crippen molar-refractivity contribution in [3.05, 3.63) is 22.8 Å². The minimum Gasteiger partial charge on any atom is -0.486 e. The molecule has 0 aliphatic carbocycles. The predicted octanol–water partition coefficient (Wildman–Crippen LogP) is 2.36. The molecule has 1 aromatic carbocycles. The molecule has 0 atom stereocenters. The van der Waals surface area contributed by atoms with Crippen molar-refractivity contribution in [1.82, 2.24) is 0 Å². The summed E-state index contributed by atoms with van der Waals surface area (Å²) in [5.41, 5.74) is 9.43. The van der Waals surface area contributed by atoms with Gasteiger partial charge in [-0.05, 0) is 62.4 Å². The second kappa shape index (κ2) is 5.41. The number of aryl methyl sites for hydroxylation is 1. The largest absolute Gasteiger partial charge is 0.486 e. The van der Waals surface area contributed by atoms with Crippen molar-refractivity contribution in [2.24, 2.45) is 5.73 Å². The van der Waals surface area contributed by atoms with Gasteiger partial charge in [0.2, 0.25) is 0 Å². The van der Waals surface area contributed by atoms with E-state index in [4.69, 9.17) is 15.2 Å². The van der Waals surface area contributed by atoms with Crippen molar-refractivity contribution in [2.45, 2.75) is 33.1 Å². The lowest BCUT2D eigenvalue weighted by atomic mass is 9.97. The monoisotopic (exact) mass is 235 g/mol. The fraction of sp³-hybridized carbons (Fsp3) is 0.571. The third kappa shape index (κ3) is 2.55. The highest BCUT2D eigenvalue weighted by Crippen LogP contribution is 2.37. The third-order valence-electron chi connectivity index (χ3n) is 3.40. The highest BCUT2D eigenvalue weighted by atomic mass is 16.6. The summed E-state index contributed by atoms with van der Waals surface area (Å²) in [5.74, 6) is 1.83. The Morgan fingerprint density at radius 2 is 1.88 bits per heavy atom. The molecule has 17 heavy (non-hydrogen) atoms. The molecule has 3 heteroatoms. The van der Waals surface area contributed by atoms with E-state index in [1.54, 1.807) is 0 Å². The minimum atomic E-state index is 0.651. The van der Waals surface area contributed by atoms with E-state index in [2.05, 4.69) is 19.9 Å². The zero-order valence-corrected chi connectivity index (χ0v) is 10.7. The summed E-state index contributed by atoms with van der Waals surface area (Å²) in [6, 6.07) is 2.13. The maximum atomic E-state index is 5.67. The van der Waals surface area contributed by atoms with Crippen LogP contribution in [-0.2, 0) is 6.42 Å². The van der Waals surface area contributed by atoms with Crippen LogP contribution in [0.1, 0.15) is 29.5 Å². The molecule has 1 heterocycles. The van der Waals surface area contributed by atoms with Crippen molar-refractivity contribution in [2.75, 3.05) is 19.8 Å². The first-order chi connectivity index (χ1) is 8.24. The lowest BCUT2D eigenvalue weighted by Gasteiger charge is -2.23. The van der Waals surface area contributed by atoms with Crippen LogP contribution in [0.25, 0.3) is 0 Å². The van der Waals surface area contributed by atoms with E-state index in [9.17, 15) is 0 Å². The number of hydrogen-bond acceptors (Lipinski definition) is 3. The SMILES string of the molecule is Cc1c(CCCCN)cc2c(c1C)OCCO2. The number of unbranched alkanes of at least 4 members (excludes halogenated alkanes) is 1. The molecule has 0 spiro atoms. The summed E-state index contributed by atoms with van der Waals surface area (Å²) in [6.45, 7) is 6.33. The van der Waals surface area contributed by atoms with Crippen LogP contribution in [0.15, 0.2) is 6.07 Å². The fourth-order valence-electron chi connectivity index (χ4n) is 2.23. The van der Waals surface area contributed by atoms with Gasteiger partial charge in [-0.3, -0.25) is 0 Å².